The van der Waals surface area contributed by atoms with Crippen molar-refractivity contribution >= 4 is 5.97 Å². The lowest BCUT2D eigenvalue weighted by Gasteiger charge is -2.11. The number of pyridine rings is 1. The molecule has 0 radical (unpaired) electrons. The lowest BCUT2D eigenvalue weighted by atomic mass is 10.1. The third kappa shape index (κ3) is 3.07. The molecular formula is C11H11F2NO3. The molecule has 92 valence electrons. The molecule has 1 atom stereocenters. The normalized spacial score (nSPS) is 12.3. The summed E-state index contributed by atoms with van der Waals surface area (Å²) in [6.45, 7) is 3.35. The molecule has 0 aliphatic carbocycles. The first-order valence-electron chi connectivity index (χ1n) is 4.66. The first-order chi connectivity index (χ1) is 7.97. The van der Waals surface area contributed by atoms with E-state index >= 15 is 0 Å². The fraction of sp³-hybridized carbons (Fsp3) is 0.273. The van der Waals surface area contributed by atoms with Crippen molar-refractivity contribution < 1.29 is 23.4 Å². The highest BCUT2D eigenvalue weighted by molar-refractivity contribution is 5.88. The Balaban J connectivity index is 2.86. The van der Waals surface area contributed by atoms with Crippen molar-refractivity contribution in [1.29, 1.82) is 0 Å². The van der Waals surface area contributed by atoms with Crippen LogP contribution < -0.4 is 0 Å². The van der Waals surface area contributed by atoms with Crippen molar-refractivity contribution in [2.24, 2.45) is 0 Å². The van der Waals surface area contributed by atoms with Crippen LogP contribution in [0.3, 0.4) is 0 Å². The summed E-state index contributed by atoms with van der Waals surface area (Å²) >= 11 is 0. The minimum Gasteiger partial charge on any atom is -0.466 e. The van der Waals surface area contributed by atoms with Crippen LogP contribution in [0.1, 0.15) is 23.8 Å². The zero-order valence-corrected chi connectivity index (χ0v) is 9.06. The lowest BCUT2D eigenvalue weighted by molar-refractivity contribution is -0.137. The number of aliphatic hydroxyl groups is 1. The summed E-state index contributed by atoms with van der Waals surface area (Å²) < 4.78 is 28.9. The molecule has 1 aromatic heterocycles. The van der Waals surface area contributed by atoms with E-state index in [1.807, 2.05) is 0 Å². The second-order valence-electron chi connectivity index (χ2n) is 3.24. The predicted octanol–water partition coefficient (Wildman–Crippen LogP) is 1.78. The third-order valence-corrected chi connectivity index (χ3v) is 2.12. The van der Waals surface area contributed by atoms with Gasteiger partial charge in [-0.2, -0.15) is 0 Å². The van der Waals surface area contributed by atoms with E-state index in [0.29, 0.717) is 0 Å². The van der Waals surface area contributed by atoms with Crippen LogP contribution in [0.25, 0.3) is 0 Å². The Kier molecular flexibility index (Phi) is 4.28. The van der Waals surface area contributed by atoms with Crippen molar-refractivity contribution in [3.05, 3.63) is 41.7 Å². The number of methoxy groups -OCH3 is 1. The molecule has 1 aromatic rings. The first-order valence-corrected chi connectivity index (χ1v) is 4.66. The van der Waals surface area contributed by atoms with Crippen molar-refractivity contribution in [3.63, 3.8) is 0 Å². The maximum absolute atomic E-state index is 12.2. The Morgan fingerprint density at radius 2 is 2.18 bits per heavy atom. The van der Waals surface area contributed by atoms with Gasteiger partial charge in [-0.15, -0.1) is 0 Å². The molecule has 0 aromatic carbocycles. The van der Waals surface area contributed by atoms with Crippen molar-refractivity contribution in [1.82, 2.24) is 4.98 Å². The van der Waals surface area contributed by atoms with E-state index in [-0.39, 0.29) is 16.8 Å². The van der Waals surface area contributed by atoms with Gasteiger partial charge in [-0.25, -0.2) is 13.6 Å². The van der Waals surface area contributed by atoms with E-state index in [1.54, 1.807) is 0 Å². The number of ether oxygens (including phenoxy) is 1. The summed E-state index contributed by atoms with van der Waals surface area (Å²) in [5, 5.41) is 9.67. The highest BCUT2D eigenvalue weighted by Crippen LogP contribution is 2.22. The molecule has 0 saturated carbocycles. The van der Waals surface area contributed by atoms with Crippen LogP contribution in [0, 0.1) is 0 Å². The van der Waals surface area contributed by atoms with Gasteiger partial charge in [-0.1, -0.05) is 6.58 Å². The minimum atomic E-state index is -2.63. The molecule has 1 N–H and O–H groups in total. The van der Waals surface area contributed by atoms with Crippen LogP contribution in [-0.2, 0) is 9.53 Å². The standard InChI is InChI=1S/C11H11F2NO3/c1-6(11(16)17-2)9(15)8-4-3-7(5-14-8)10(12)13/h3-5,9-10,15H,1H2,2H3. The minimum absolute atomic E-state index is 0.0600. The third-order valence-electron chi connectivity index (χ3n) is 2.12. The first kappa shape index (κ1) is 13.2. The summed E-state index contributed by atoms with van der Waals surface area (Å²) in [5.74, 6) is -0.780. The SMILES string of the molecule is C=C(C(=O)OC)C(O)c1ccc(C(F)F)cn1. The van der Waals surface area contributed by atoms with Gasteiger partial charge in [-0.05, 0) is 12.1 Å². The number of carbonyl (C=O) groups excluding carboxylic acids is 1. The number of aromatic nitrogens is 1. The van der Waals surface area contributed by atoms with E-state index in [4.69, 9.17) is 0 Å². The number of esters is 1. The van der Waals surface area contributed by atoms with Crippen molar-refractivity contribution in [2.45, 2.75) is 12.5 Å². The number of hydrogen-bond acceptors (Lipinski definition) is 4. The van der Waals surface area contributed by atoms with Gasteiger partial charge < -0.3 is 9.84 Å². The van der Waals surface area contributed by atoms with E-state index in [2.05, 4.69) is 16.3 Å². The topological polar surface area (TPSA) is 59.4 Å². The van der Waals surface area contributed by atoms with Crippen LogP contribution in [-0.4, -0.2) is 23.2 Å². The van der Waals surface area contributed by atoms with Crippen LogP contribution in [0.15, 0.2) is 30.5 Å². The Morgan fingerprint density at radius 3 is 2.59 bits per heavy atom. The molecule has 1 rings (SSSR count). The Hall–Kier alpha value is -1.82. The van der Waals surface area contributed by atoms with Crippen LogP contribution in [0.4, 0.5) is 8.78 Å². The Bertz CT molecular complexity index is 417. The maximum atomic E-state index is 12.2. The van der Waals surface area contributed by atoms with Gasteiger partial charge in [0.25, 0.3) is 6.43 Å². The summed E-state index contributed by atoms with van der Waals surface area (Å²) in [6, 6.07) is 2.33. The molecular weight excluding hydrogens is 232 g/mol. The Labute approximate surface area is 96.6 Å². The number of aliphatic hydroxyl groups excluding tert-OH is 1. The van der Waals surface area contributed by atoms with Crippen molar-refractivity contribution in [3.8, 4) is 0 Å². The fourth-order valence-corrected chi connectivity index (χ4v) is 1.13. The number of hydrogen-bond donors (Lipinski definition) is 1. The second-order valence-corrected chi connectivity index (χ2v) is 3.24. The fourth-order valence-electron chi connectivity index (χ4n) is 1.13. The predicted molar refractivity (Wildman–Crippen MR) is 55.3 cm³/mol. The zero-order valence-electron chi connectivity index (χ0n) is 9.06. The number of halogens is 2. The molecule has 0 aliphatic rings. The maximum Gasteiger partial charge on any atom is 0.336 e. The highest BCUT2D eigenvalue weighted by atomic mass is 19.3. The highest BCUT2D eigenvalue weighted by Gasteiger charge is 2.20. The molecule has 6 heteroatoms. The number of rotatable bonds is 4. The summed E-state index contributed by atoms with van der Waals surface area (Å²) in [4.78, 5) is 14.7. The average molecular weight is 243 g/mol. The van der Waals surface area contributed by atoms with Gasteiger partial charge in [0.05, 0.1) is 18.4 Å². The largest absolute Gasteiger partial charge is 0.466 e. The molecule has 0 bridgehead atoms. The molecule has 0 amide bonds. The van der Waals surface area contributed by atoms with E-state index in [9.17, 15) is 18.7 Å². The van der Waals surface area contributed by atoms with Gasteiger partial charge in [0.1, 0.15) is 6.10 Å². The molecule has 0 spiro atoms. The van der Waals surface area contributed by atoms with E-state index in [1.165, 1.54) is 6.07 Å². The monoisotopic (exact) mass is 243 g/mol. The molecule has 1 unspecified atom stereocenters. The number of carbonyl (C=O) groups is 1. The average Bonchev–Trinajstić information content (AvgIpc) is 2.36. The van der Waals surface area contributed by atoms with E-state index < -0.39 is 18.5 Å². The van der Waals surface area contributed by atoms with Gasteiger partial charge in [0.2, 0.25) is 0 Å². The van der Waals surface area contributed by atoms with E-state index in [0.717, 1.165) is 19.4 Å². The lowest BCUT2D eigenvalue weighted by Crippen LogP contribution is -2.13. The molecule has 0 fully saturated rings. The summed E-state index contributed by atoms with van der Waals surface area (Å²) in [5.41, 5.74) is -0.403. The molecule has 1 heterocycles. The number of alkyl halides is 2. The second kappa shape index (κ2) is 5.49. The zero-order chi connectivity index (χ0) is 13.0. The molecule has 17 heavy (non-hydrogen) atoms. The summed E-state index contributed by atoms with van der Waals surface area (Å²) in [6.07, 6.45) is -3.06. The number of nitrogens with zero attached hydrogens (tertiary/aromatic N) is 1. The van der Waals surface area contributed by atoms with Gasteiger partial charge >= 0.3 is 5.97 Å². The molecule has 0 aliphatic heterocycles. The Morgan fingerprint density at radius 1 is 1.53 bits per heavy atom. The van der Waals surface area contributed by atoms with Crippen LogP contribution in [0.2, 0.25) is 0 Å². The van der Waals surface area contributed by atoms with Gasteiger partial charge in [-0.3, -0.25) is 4.98 Å². The van der Waals surface area contributed by atoms with Gasteiger partial charge in [0.15, 0.2) is 0 Å². The van der Waals surface area contributed by atoms with Crippen molar-refractivity contribution in [2.75, 3.05) is 7.11 Å². The summed E-state index contributed by atoms with van der Waals surface area (Å²) in [7, 11) is 1.15. The molecule has 4 nitrogen and oxygen atoms in total. The smallest absolute Gasteiger partial charge is 0.336 e. The van der Waals surface area contributed by atoms with Crippen LogP contribution in [0.5, 0.6) is 0 Å². The van der Waals surface area contributed by atoms with Gasteiger partial charge in [0, 0.05) is 11.8 Å². The van der Waals surface area contributed by atoms with Crippen LogP contribution >= 0.6 is 0 Å². The molecule has 0 saturated heterocycles. The quantitative estimate of drug-likeness (QED) is 0.647.